The van der Waals surface area contributed by atoms with E-state index >= 15 is 0 Å². The number of nitrogens with one attached hydrogen (secondary N) is 2. The highest BCUT2D eigenvalue weighted by atomic mass is 16.6. The maximum atomic E-state index is 12.9. The first-order valence-electron chi connectivity index (χ1n) is 13.4. The van der Waals surface area contributed by atoms with E-state index in [1.807, 2.05) is 51.2 Å². The average Bonchev–Trinajstić information content (AvgIpc) is 3.60. The lowest BCUT2D eigenvalue weighted by Gasteiger charge is -2.28. The van der Waals surface area contributed by atoms with Crippen LogP contribution in [-0.4, -0.2) is 58.3 Å². The van der Waals surface area contributed by atoms with Crippen molar-refractivity contribution in [3.8, 4) is 22.4 Å². The van der Waals surface area contributed by atoms with Crippen LogP contribution in [0.5, 0.6) is 0 Å². The Balaban J connectivity index is 1.20. The molecule has 0 spiro atoms. The van der Waals surface area contributed by atoms with Crippen molar-refractivity contribution in [1.82, 2.24) is 14.9 Å². The van der Waals surface area contributed by atoms with Gasteiger partial charge in [0, 0.05) is 24.8 Å². The highest BCUT2D eigenvalue weighted by molar-refractivity contribution is 5.97. The summed E-state index contributed by atoms with van der Waals surface area (Å²) in [6.07, 6.45) is 5.03. The molecule has 1 aromatic heterocycles. The second-order valence-electron chi connectivity index (χ2n) is 11.1. The predicted octanol–water partition coefficient (Wildman–Crippen LogP) is 5.98. The van der Waals surface area contributed by atoms with Crippen LogP contribution in [0.1, 0.15) is 58.2 Å². The summed E-state index contributed by atoms with van der Waals surface area (Å²) in [5, 5.41) is 2.96. The summed E-state index contributed by atoms with van der Waals surface area (Å²) in [4.78, 5) is 35.1. The van der Waals surface area contributed by atoms with Gasteiger partial charge >= 0.3 is 6.09 Å². The fourth-order valence-electron chi connectivity index (χ4n) is 5.04. The van der Waals surface area contributed by atoms with Crippen molar-refractivity contribution in [3.63, 3.8) is 0 Å². The van der Waals surface area contributed by atoms with Crippen LogP contribution in [0, 0.1) is 0 Å². The third-order valence-electron chi connectivity index (χ3n) is 7.01. The molecule has 5 rings (SSSR count). The maximum Gasteiger partial charge on any atom is 0.410 e. The molecule has 2 aliphatic rings. The van der Waals surface area contributed by atoms with Crippen LogP contribution < -0.4 is 5.32 Å². The number of imidazole rings is 1. The standard InChI is InChI=1S/C30H36N4O4/c1-30(2,3)38-29(36)34-16-4-7-26(34)28(35)32-24-14-12-21(13-15-24)20-8-10-22(11-9-20)25-18-31-27(33-25)23-6-5-17-37-19-23/h8-15,18,23,26H,4-7,16-17,19H2,1-3H3,(H,31,33)(H,32,35). The van der Waals surface area contributed by atoms with E-state index in [4.69, 9.17) is 9.47 Å². The number of rotatable bonds is 5. The summed E-state index contributed by atoms with van der Waals surface area (Å²) in [5.74, 6) is 1.14. The molecule has 3 heterocycles. The number of amides is 2. The van der Waals surface area contributed by atoms with Crippen molar-refractivity contribution >= 4 is 17.7 Å². The number of ether oxygens (including phenoxy) is 2. The van der Waals surface area contributed by atoms with Crippen molar-refractivity contribution in [3.05, 3.63) is 60.6 Å². The molecule has 3 aromatic rings. The van der Waals surface area contributed by atoms with Crippen molar-refractivity contribution in [2.24, 2.45) is 0 Å². The van der Waals surface area contributed by atoms with Gasteiger partial charge < -0.3 is 19.8 Å². The molecular weight excluding hydrogens is 480 g/mol. The molecule has 2 aromatic carbocycles. The summed E-state index contributed by atoms with van der Waals surface area (Å²) in [6.45, 7) is 7.57. The molecule has 0 radical (unpaired) electrons. The number of carbonyl (C=O) groups is 2. The SMILES string of the molecule is CC(C)(C)OC(=O)N1CCCC1C(=O)Nc1ccc(-c2ccc(-c3cnc(C4CCCOC4)[nH]3)cc2)cc1. The molecule has 0 saturated carbocycles. The number of H-pyrrole nitrogens is 1. The van der Waals surface area contributed by atoms with Gasteiger partial charge in [0.1, 0.15) is 17.5 Å². The Labute approximate surface area is 223 Å². The summed E-state index contributed by atoms with van der Waals surface area (Å²) in [7, 11) is 0. The van der Waals surface area contributed by atoms with E-state index in [0.717, 1.165) is 60.7 Å². The Morgan fingerprint density at radius 2 is 1.68 bits per heavy atom. The topological polar surface area (TPSA) is 96.6 Å². The monoisotopic (exact) mass is 516 g/mol. The Morgan fingerprint density at radius 1 is 1.00 bits per heavy atom. The minimum Gasteiger partial charge on any atom is -0.444 e. The quantitative estimate of drug-likeness (QED) is 0.435. The Kier molecular flexibility index (Phi) is 7.51. The van der Waals surface area contributed by atoms with E-state index in [9.17, 15) is 9.59 Å². The van der Waals surface area contributed by atoms with E-state index in [1.165, 1.54) is 4.90 Å². The highest BCUT2D eigenvalue weighted by Crippen LogP contribution is 2.29. The van der Waals surface area contributed by atoms with E-state index in [0.29, 0.717) is 24.6 Å². The molecule has 8 nitrogen and oxygen atoms in total. The first-order valence-corrected chi connectivity index (χ1v) is 13.4. The fraction of sp³-hybridized carbons (Fsp3) is 0.433. The van der Waals surface area contributed by atoms with Gasteiger partial charge in [-0.25, -0.2) is 9.78 Å². The third kappa shape index (κ3) is 6.07. The van der Waals surface area contributed by atoms with Gasteiger partial charge in [-0.1, -0.05) is 36.4 Å². The van der Waals surface area contributed by atoms with E-state index in [1.54, 1.807) is 0 Å². The van der Waals surface area contributed by atoms with E-state index < -0.39 is 17.7 Å². The average molecular weight is 517 g/mol. The second-order valence-corrected chi connectivity index (χ2v) is 11.1. The molecule has 0 bridgehead atoms. The molecule has 200 valence electrons. The molecule has 2 amide bonds. The number of aromatic amines is 1. The zero-order valence-corrected chi connectivity index (χ0v) is 22.3. The normalized spacial score (nSPS) is 19.8. The molecule has 2 fully saturated rings. The molecule has 2 N–H and O–H groups in total. The number of anilines is 1. The lowest BCUT2D eigenvalue weighted by atomic mass is 10.0. The van der Waals surface area contributed by atoms with Crippen molar-refractivity contribution in [2.45, 2.75) is 64.0 Å². The van der Waals surface area contributed by atoms with E-state index in [2.05, 4.69) is 39.6 Å². The zero-order chi connectivity index (χ0) is 26.7. The molecule has 38 heavy (non-hydrogen) atoms. The summed E-state index contributed by atoms with van der Waals surface area (Å²) < 4.78 is 11.1. The van der Waals surface area contributed by atoms with Crippen LogP contribution in [-0.2, 0) is 14.3 Å². The Bertz CT molecular complexity index is 1250. The minimum atomic E-state index is -0.597. The van der Waals surface area contributed by atoms with Crippen molar-refractivity contribution in [2.75, 3.05) is 25.1 Å². The maximum absolute atomic E-state index is 12.9. The number of aromatic nitrogens is 2. The molecule has 2 saturated heterocycles. The van der Waals surface area contributed by atoms with Gasteiger partial charge in [-0.3, -0.25) is 9.69 Å². The third-order valence-corrected chi connectivity index (χ3v) is 7.01. The van der Waals surface area contributed by atoms with Crippen molar-refractivity contribution in [1.29, 1.82) is 0 Å². The fourth-order valence-corrected chi connectivity index (χ4v) is 5.04. The van der Waals surface area contributed by atoms with Crippen LogP contribution in [0.4, 0.5) is 10.5 Å². The lowest BCUT2D eigenvalue weighted by molar-refractivity contribution is -0.120. The van der Waals surface area contributed by atoms with Crippen molar-refractivity contribution < 1.29 is 19.1 Å². The summed E-state index contributed by atoms with van der Waals surface area (Å²) in [5.41, 5.74) is 4.32. The van der Waals surface area contributed by atoms with Crippen LogP contribution in [0.25, 0.3) is 22.4 Å². The number of likely N-dealkylation sites (tertiary alicyclic amines) is 1. The first-order chi connectivity index (χ1) is 18.3. The van der Waals surface area contributed by atoms with Crippen LogP contribution in [0.2, 0.25) is 0 Å². The van der Waals surface area contributed by atoms with Gasteiger partial charge in [0.2, 0.25) is 5.91 Å². The number of nitrogens with zero attached hydrogens (tertiary/aromatic N) is 2. The highest BCUT2D eigenvalue weighted by Gasteiger charge is 2.36. The second kappa shape index (κ2) is 11.0. The van der Waals surface area contributed by atoms with Gasteiger partial charge in [0.05, 0.1) is 18.5 Å². The van der Waals surface area contributed by atoms with Crippen LogP contribution >= 0.6 is 0 Å². The summed E-state index contributed by atoms with van der Waals surface area (Å²) >= 11 is 0. The number of hydrogen-bond donors (Lipinski definition) is 2. The molecule has 2 atom stereocenters. The van der Waals surface area contributed by atoms with Gasteiger partial charge in [0.25, 0.3) is 0 Å². The Morgan fingerprint density at radius 3 is 2.34 bits per heavy atom. The zero-order valence-electron chi connectivity index (χ0n) is 22.3. The molecule has 2 aliphatic heterocycles. The van der Waals surface area contributed by atoms with Gasteiger partial charge in [-0.05, 0) is 75.3 Å². The number of benzene rings is 2. The molecule has 2 unspecified atom stereocenters. The first kappa shape index (κ1) is 26.0. The molecular formula is C30H36N4O4. The van der Waals surface area contributed by atoms with Gasteiger partial charge in [-0.2, -0.15) is 0 Å². The number of carbonyl (C=O) groups excluding carboxylic acids is 2. The van der Waals surface area contributed by atoms with Gasteiger partial charge in [0.15, 0.2) is 0 Å². The summed E-state index contributed by atoms with van der Waals surface area (Å²) in [6, 6.07) is 15.6. The van der Waals surface area contributed by atoms with Crippen LogP contribution in [0.3, 0.4) is 0 Å². The lowest BCUT2D eigenvalue weighted by Crippen LogP contribution is -2.45. The number of hydrogen-bond acceptors (Lipinski definition) is 5. The minimum absolute atomic E-state index is 0.191. The predicted molar refractivity (Wildman–Crippen MR) is 147 cm³/mol. The van der Waals surface area contributed by atoms with E-state index in [-0.39, 0.29) is 5.91 Å². The van der Waals surface area contributed by atoms with Gasteiger partial charge in [-0.15, -0.1) is 0 Å². The smallest absolute Gasteiger partial charge is 0.410 e. The van der Waals surface area contributed by atoms with Crippen LogP contribution in [0.15, 0.2) is 54.7 Å². The Hall–Kier alpha value is -3.65. The largest absolute Gasteiger partial charge is 0.444 e. The molecule has 0 aliphatic carbocycles. The molecule has 8 heteroatoms.